The first-order valence-corrected chi connectivity index (χ1v) is 9.86. The van der Waals surface area contributed by atoms with Gasteiger partial charge in [-0.2, -0.15) is 5.10 Å². The maximum atomic E-state index is 12.6. The molecule has 0 spiro atoms. The SMILES string of the molecule is CC(=O)c1ccc(NC(=O)C(C)OC(=O)c2nc(-n3nc(C)cc3C)ccc2Cl)cc1. The number of Topliss-reactive ketones (excluding diaryl/α,β-unsaturated/α-hetero) is 1. The minimum Gasteiger partial charge on any atom is -0.448 e. The number of nitrogens with zero attached hydrogens (tertiary/aromatic N) is 3. The van der Waals surface area contributed by atoms with Gasteiger partial charge in [0.1, 0.15) is 0 Å². The van der Waals surface area contributed by atoms with Gasteiger partial charge in [0.05, 0.1) is 10.7 Å². The second-order valence-corrected chi connectivity index (χ2v) is 7.42. The Balaban J connectivity index is 1.71. The average molecular weight is 441 g/mol. The lowest BCUT2D eigenvalue weighted by Gasteiger charge is -2.14. The zero-order chi connectivity index (χ0) is 22.7. The zero-order valence-electron chi connectivity index (χ0n) is 17.5. The highest BCUT2D eigenvalue weighted by molar-refractivity contribution is 6.33. The molecule has 1 aromatic carbocycles. The molecule has 3 aromatic rings. The zero-order valence-corrected chi connectivity index (χ0v) is 18.2. The monoisotopic (exact) mass is 440 g/mol. The summed E-state index contributed by atoms with van der Waals surface area (Å²) in [6.07, 6.45) is -1.10. The van der Waals surface area contributed by atoms with E-state index in [2.05, 4.69) is 15.4 Å². The largest absolute Gasteiger partial charge is 0.448 e. The van der Waals surface area contributed by atoms with Gasteiger partial charge < -0.3 is 10.1 Å². The number of hydrogen-bond donors (Lipinski definition) is 1. The minimum atomic E-state index is -1.10. The van der Waals surface area contributed by atoms with Crippen molar-refractivity contribution in [3.05, 3.63) is 70.1 Å². The number of rotatable bonds is 6. The smallest absolute Gasteiger partial charge is 0.359 e. The van der Waals surface area contributed by atoms with Crippen molar-refractivity contribution in [2.45, 2.75) is 33.8 Å². The number of anilines is 1. The van der Waals surface area contributed by atoms with Crippen LogP contribution in [0.15, 0.2) is 42.5 Å². The number of halogens is 1. The molecule has 0 aliphatic heterocycles. The molecular formula is C22H21ClN4O4. The van der Waals surface area contributed by atoms with E-state index >= 15 is 0 Å². The normalized spacial score (nSPS) is 11.6. The number of ketones is 1. The van der Waals surface area contributed by atoms with Gasteiger partial charge in [-0.15, -0.1) is 0 Å². The van der Waals surface area contributed by atoms with Gasteiger partial charge in [-0.25, -0.2) is 14.5 Å². The Hall–Kier alpha value is -3.52. The van der Waals surface area contributed by atoms with Crippen LogP contribution in [0.1, 0.15) is 46.1 Å². The molecule has 0 saturated heterocycles. The number of amides is 1. The van der Waals surface area contributed by atoms with Crippen LogP contribution in [-0.2, 0) is 9.53 Å². The predicted octanol–water partition coefficient (Wildman–Crippen LogP) is 3.92. The van der Waals surface area contributed by atoms with Crippen LogP contribution in [0.3, 0.4) is 0 Å². The van der Waals surface area contributed by atoms with Crippen molar-refractivity contribution in [1.29, 1.82) is 0 Å². The number of pyridine rings is 1. The van der Waals surface area contributed by atoms with E-state index in [9.17, 15) is 14.4 Å². The highest BCUT2D eigenvalue weighted by atomic mass is 35.5. The number of nitrogens with one attached hydrogen (secondary N) is 1. The third kappa shape index (κ3) is 5.16. The van der Waals surface area contributed by atoms with Crippen molar-refractivity contribution in [1.82, 2.24) is 14.8 Å². The number of carbonyl (C=O) groups excluding carboxylic acids is 3. The second kappa shape index (κ2) is 9.09. The Labute approximate surface area is 184 Å². The minimum absolute atomic E-state index is 0.0766. The van der Waals surface area contributed by atoms with Crippen LogP contribution in [0.25, 0.3) is 5.82 Å². The molecule has 1 atom stereocenters. The van der Waals surface area contributed by atoms with E-state index in [1.165, 1.54) is 19.9 Å². The molecule has 1 amide bonds. The quantitative estimate of drug-likeness (QED) is 0.460. The Morgan fingerprint density at radius 1 is 1.10 bits per heavy atom. The summed E-state index contributed by atoms with van der Waals surface area (Å²) in [5.41, 5.74) is 2.54. The van der Waals surface area contributed by atoms with Crippen molar-refractivity contribution >= 4 is 34.9 Å². The van der Waals surface area contributed by atoms with Crippen LogP contribution in [0, 0.1) is 13.8 Å². The van der Waals surface area contributed by atoms with Crippen LogP contribution in [0.4, 0.5) is 5.69 Å². The van der Waals surface area contributed by atoms with Crippen molar-refractivity contribution in [2.75, 3.05) is 5.32 Å². The van der Waals surface area contributed by atoms with E-state index in [4.69, 9.17) is 16.3 Å². The Morgan fingerprint density at radius 3 is 2.35 bits per heavy atom. The lowest BCUT2D eigenvalue weighted by atomic mass is 10.1. The number of aromatic nitrogens is 3. The van der Waals surface area contributed by atoms with Crippen LogP contribution >= 0.6 is 11.6 Å². The van der Waals surface area contributed by atoms with Gasteiger partial charge in [0.2, 0.25) is 0 Å². The highest BCUT2D eigenvalue weighted by Crippen LogP contribution is 2.19. The van der Waals surface area contributed by atoms with Crippen LogP contribution in [0.2, 0.25) is 5.02 Å². The first kappa shape index (κ1) is 22.2. The molecule has 2 heterocycles. The fourth-order valence-corrected chi connectivity index (χ4v) is 3.04. The lowest BCUT2D eigenvalue weighted by molar-refractivity contribution is -0.123. The summed E-state index contributed by atoms with van der Waals surface area (Å²) in [6, 6.07) is 11.4. The van der Waals surface area contributed by atoms with E-state index in [0.29, 0.717) is 17.1 Å². The number of carbonyl (C=O) groups is 3. The van der Waals surface area contributed by atoms with Crippen molar-refractivity contribution in [3.8, 4) is 5.82 Å². The number of ether oxygens (including phenoxy) is 1. The summed E-state index contributed by atoms with van der Waals surface area (Å²) >= 11 is 6.14. The average Bonchev–Trinajstić information content (AvgIpc) is 3.06. The van der Waals surface area contributed by atoms with Crippen LogP contribution in [-0.4, -0.2) is 38.5 Å². The third-order valence-corrected chi connectivity index (χ3v) is 4.77. The van der Waals surface area contributed by atoms with Gasteiger partial charge in [0.25, 0.3) is 5.91 Å². The van der Waals surface area contributed by atoms with Gasteiger partial charge in [-0.1, -0.05) is 11.6 Å². The molecule has 0 bridgehead atoms. The summed E-state index contributed by atoms with van der Waals surface area (Å²) < 4.78 is 6.84. The summed E-state index contributed by atoms with van der Waals surface area (Å²) in [7, 11) is 0. The standard InChI is InChI=1S/C22H21ClN4O4/c1-12-11-13(2)27(26-12)19-10-9-18(23)20(25-19)22(30)31-15(4)21(29)24-17-7-5-16(6-8-17)14(3)28/h5-11,15H,1-4H3,(H,24,29). The fourth-order valence-electron chi connectivity index (χ4n) is 2.86. The maximum absolute atomic E-state index is 12.6. The summed E-state index contributed by atoms with van der Waals surface area (Å²) in [4.78, 5) is 40.6. The first-order valence-electron chi connectivity index (χ1n) is 9.48. The van der Waals surface area contributed by atoms with E-state index < -0.39 is 18.0 Å². The molecule has 2 aromatic heterocycles. The molecule has 0 saturated carbocycles. The molecule has 1 N–H and O–H groups in total. The Morgan fingerprint density at radius 2 is 1.77 bits per heavy atom. The number of hydrogen-bond acceptors (Lipinski definition) is 6. The maximum Gasteiger partial charge on any atom is 0.359 e. The molecule has 8 nitrogen and oxygen atoms in total. The summed E-state index contributed by atoms with van der Waals surface area (Å²) in [5, 5.41) is 7.07. The molecule has 9 heteroatoms. The highest BCUT2D eigenvalue weighted by Gasteiger charge is 2.23. The first-order chi connectivity index (χ1) is 14.7. The third-order valence-electron chi connectivity index (χ3n) is 4.46. The number of aryl methyl sites for hydroxylation is 2. The fraction of sp³-hybridized carbons (Fsp3) is 0.227. The predicted molar refractivity (Wildman–Crippen MR) is 116 cm³/mol. The number of benzene rings is 1. The molecular weight excluding hydrogens is 420 g/mol. The summed E-state index contributed by atoms with van der Waals surface area (Å²) in [6.45, 7) is 6.61. The lowest BCUT2D eigenvalue weighted by Crippen LogP contribution is -2.30. The van der Waals surface area contributed by atoms with Gasteiger partial charge in [0, 0.05) is 16.9 Å². The van der Waals surface area contributed by atoms with Gasteiger partial charge in [-0.3, -0.25) is 9.59 Å². The topological polar surface area (TPSA) is 103 Å². The Bertz CT molecular complexity index is 1150. The van der Waals surface area contributed by atoms with Crippen LogP contribution < -0.4 is 5.32 Å². The molecule has 0 radical (unpaired) electrons. The molecule has 1 unspecified atom stereocenters. The molecule has 31 heavy (non-hydrogen) atoms. The van der Waals surface area contributed by atoms with E-state index in [0.717, 1.165) is 11.4 Å². The number of esters is 1. The molecule has 3 rings (SSSR count). The summed E-state index contributed by atoms with van der Waals surface area (Å²) in [5.74, 6) is -1.03. The van der Waals surface area contributed by atoms with Crippen molar-refractivity contribution in [3.63, 3.8) is 0 Å². The van der Waals surface area contributed by atoms with Crippen molar-refractivity contribution < 1.29 is 19.1 Å². The molecule has 0 fully saturated rings. The molecule has 0 aliphatic rings. The van der Waals surface area contributed by atoms with Gasteiger partial charge >= 0.3 is 5.97 Å². The molecule has 160 valence electrons. The van der Waals surface area contributed by atoms with Crippen LogP contribution in [0.5, 0.6) is 0 Å². The van der Waals surface area contributed by atoms with E-state index in [-0.39, 0.29) is 16.5 Å². The van der Waals surface area contributed by atoms with Crippen molar-refractivity contribution in [2.24, 2.45) is 0 Å². The molecule has 0 aliphatic carbocycles. The van der Waals surface area contributed by atoms with E-state index in [1.807, 2.05) is 19.9 Å². The van der Waals surface area contributed by atoms with E-state index in [1.54, 1.807) is 35.0 Å². The second-order valence-electron chi connectivity index (χ2n) is 7.01. The van der Waals surface area contributed by atoms with Gasteiger partial charge in [0.15, 0.2) is 23.4 Å². The Kier molecular flexibility index (Phi) is 6.50. The van der Waals surface area contributed by atoms with Gasteiger partial charge in [-0.05, 0) is 70.2 Å².